The number of hydrogen-bond acceptors (Lipinski definition) is 3. The lowest BCUT2D eigenvalue weighted by atomic mass is 10.2. The number of rotatable bonds is 4. The second-order valence-corrected chi connectivity index (χ2v) is 5.71. The largest absolute Gasteiger partial charge is 0.346 e. The Kier molecular flexibility index (Phi) is 4.02. The van der Waals surface area contributed by atoms with E-state index in [-0.39, 0.29) is 17.4 Å². The number of nitrogens with zero attached hydrogens (tertiary/aromatic N) is 4. The summed E-state index contributed by atoms with van der Waals surface area (Å²) in [6, 6.07) is 7.44. The van der Waals surface area contributed by atoms with Crippen LogP contribution in [0.25, 0.3) is 0 Å². The third kappa shape index (κ3) is 2.54. The molecule has 0 atom stereocenters. The van der Waals surface area contributed by atoms with Crippen LogP contribution in [0.15, 0.2) is 29.1 Å². The minimum absolute atomic E-state index is 0.206. The maximum absolute atomic E-state index is 12.5. The Morgan fingerprint density at radius 1 is 1.23 bits per heavy atom. The zero-order chi connectivity index (χ0) is 15.7. The molecule has 0 N–H and O–H groups in total. The summed E-state index contributed by atoms with van der Waals surface area (Å²) in [6.07, 6.45) is 0.799. The van der Waals surface area contributed by atoms with Crippen LogP contribution in [0.5, 0.6) is 0 Å². The van der Waals surface area contributed by atoms with Crippen LogP contribution in [0.3, 0.4) is 0 Å². The highest BCUT2D eigenvalue weighted by atomic mass is 35.5. The Balaban J connectivity index is 1.87. The number of aromatic nitrogens is 3. The lowest BCUT2D eigenvalue weighted by Crippen LogP contribution is -2.42. The topological polar surface area (TPSA) is 60.1 Å². The van der Waals surface area contributed by atoms with Gasteiger partial charge >= 0.3 is 5.69 Å². The lowest BCUT2D eigenvalue weighted by Gasteiger charge is -2.26. The van der Waals surface area contributed by atoms with E-state index in [0.29, 0.717) is 31.2 Å². The van der Waals surface area contributed by atoms with Crippen LogP contribution in [0.2, 0.25) is 5.02 Å². The lowest BCUT2D eigenvalue weighted by molar-refractivity contribution is 0.0681. The van der Waals surface area contributed by atoms with Crippen molar-refractivity contribution in [1.82, 2.24) is 19.2 Å². The quantitative estimate of drug-likeness (QED) is 0.862. The first kappa shape index (κ1) is 14.8. The molecular weight excluding hydrogens is 304 g/mol. The van der Waals surface area contributed by atoms with E-state index >= 15 is 0 Å². The number of benzene rings is 1. The van der Waals surface area contributed by atoms with Crippen LogP contribution < -0.4 is 5.69 Å². The Morgan fingerprint density at radius 3 is 2.73 bits per heavy atom. The van der Waals surface area contributed by atoms with Crippen molar-refractivity contribution in [3.8, 4) is 0 Å². The van der Waals surface area contributed by atoms with Crippen molar-refractivity contribution >= 4 is 17.5 Å². The fourth-order valence-electron chi connectivity index (χ4n) is 2.61. The molecule has 22 heavy (non-hydrogen) atoms. The van der Waals surface area contributed by atoms with E-state index in [1.807, 2.05) is 25.1 Å². The molecule has 3 rings (SSSR count). The van der Waals surface area contributed by atoms with E-state index < -0.39 is 0 Å². The van der Waals surface area contributed by atoms with Crippen molar-refractivity contribution in [2.75, 3.05) is 6.54 Å². The number of hydrogen-bond donors (Lipinski definition) is 0. The first-order valence-electron chi connectivity index (χ1n) is 7.32. The third-order valence-electron chi connectivity index (χ3n) is 3.75. The summed E-state index contributed by atoms with van der Waals surface area (Å²) < 4.78 is 2.83. The molecule has 7 heteroatoms. The van der Waals surface area contributed by atoms with Gasteiger partial charge in [0.2, 0.25) is 5.82 Å². The Hall–Kier alpha value is -2.08. The van der Waals surface area contributed by atoms with E-state index in [0.717, 1.165) is 12.0 Å². The highest BCUT2D eigenvalue weighted by Gasteiger charge is 2.29. The molecule has 1 aromatic heterocycles. The molecule has 6 nitrogen and oxygen atoms in total. The minimum atomic E-state index is -0.224. The fraction of sp³-hybridized carbons (Fsp3) is 0.400. The van der Waals surface area contributed by atoms with Crippen molar-refractivity contribution < 1.29 is 4.79 Å². The molecule has 0 bridgehead atoms. The van der Waals surface area contributed by atoms with Crippen molar-refractivity contribution in [3.63, 3.8) is 0 Å². The van der Waals surface area contributed by atoms with E-state index in [9.17, 15) is 9.59 Å². The van der Waals surface area contributed by atoms with Gasteiger partial charge in [-0.25, -0.2) is 9.48 Å². The molecule has 0 radical (unpaired) electrons. The van der Waals surface area contributed by atoms with E-state index in [2.05, 4.69) is 5.10 Å². The van der Waals surface area contributed by atoms with Crippen LogP contribution in [-0.4, -0.2) is 31.7 Å². The number of halogens is 1. The standard InChI is InChI=1S/C15H17ClN4O2/c1-2-7-20-15(22)19-9-8-18(14(21)13(19)17-20)10-11-5-3-4-6-12(11)16/h3-6H,2,7-10H2,1H3. The maximum Gasteiger partial charge on any atom is 0.346 e. The van der Waals surface area contributed by atoms with Crippen LogP contribution in [0, 0.1) is 0 Å². The van der Waals surface area contributed by atoms with Gasteiger partial charge in [0.25, 0.3) is 5.91 Å². The summed E-state index contributed by atoms with van der Waals surface area (Å²) in [5, 5.41) is 4.81. The highest BCUT2D eigenvalue weighted by Crippen LogP contribution is 2.19. The number of amides is 1. The smallest absolute Gasteiger partial charge is 0.330 e. The Bertz CT molecular complexity index is 765. The molecule has 2 heterocycles. The number of carbonyl (C=O) groups is 1. The van der Waals surface area contributed by atoms with Gasteiger partial charge in [0.05, 0.1) is 0 Å². The molecule has 116 valence electrons. The molecule has 1 aliphatic rings. The van der Waals surface area contributed by atoms with Gasteiger partial charge in [-0.15, -0.1) is 5.10 Å². The number of fused-ring (bicyclic) bond motifs is 1. The van der Waals surface area contributed by atoms with Gasteiger partial charge in [-0.2, -0.15) is 0 Å². The zero-order valence-electron chi connectivity index (χ0n) is 12.3. The van der Waals surface area contributed by atoms with Gasteiger partial charge in [0.1, 0.15) is 0 Å². The third-order valence-corrected chi connectivity index (χ3v) is 4.12. The van der Waals surface area contributed by atoms with Crippen molar-refractivity contribution in [3.05, 3.63) is 51.2 Å². The van der Waals surface area contributed by atoms with E-state index in [1.165, 1.54) is 9.25 Å². The van der Waals surface area contributed by atoms with Crippen molar-refractivity contribution in [2.45, 2.75) is 33.0 Å². The molecular formula is C15H17ClN4O2. The fourth-order valence-corrected chi connectivity index (χ4v) is 2.80. The number of carbonyl (C=O) groups excluding carboxylic acids is 1. The van der Waals surface area contributed by atoms with Gasteiger partial charge < -0.3 is 4.90 Å². The molecule has 0 fully saturated rings. The van der Waals surface area contributed by atoms with Gasteiger partial charge in [-0.05, 0) is 18.1 Å². The molecule has 1 aromatic carbocycles. The summed E-state index contributed by atoms with van der Waals surface area (Å²) in [5.41, 5.74) is 0.684. The Labute approximate surface area is 132 Å². The average Bonchev–Trinajstić information content (AvgIpc) is 2.82. The van der Waals surface area contributed by atoms with Crippen LogP contribution in [-0.2, 0) is 19.6 Å². The summed E-state index contributed by atoms with van der Waals surface area (Å²) in [4.78, 5) is 26.4. The molecule has 1 amide bonds. The zero-order valence-corrected chi connectivity index (χ0v) is 13.1. The molecule has 0 spiro atoms. The average molecular weight is 321 g/mol. The molecule has 0 unspecified atom stereocenters. The summed E-state index contributed by atoms with van der Waals surface area (Å²) in [6.45, 7) is 3.86. The van der Waals surface area contributed by atoms with E-state index in [4.69, 9.17) is 11.6 Å². The monoisotopic (exact) mass is 320 g/mol. The molecule has 2 aromatic rings. The first-order valence-corrected chi connectivity index (χ1v) is 7.70. The van der Waals surface area contributed by atoms with E-state index in [1.54, 1.807) is 11.0 Å². The molecule has 0 saturated carbocycles. The SMILES string of the molecule is CCCn1nc2n(c1=O)CCN(Cc1ccccc1Cl)C2=O. The Morgan fingerprint density at radius 2 is 2.00 bits per heavy atom. The highest BCUT2D eigenvalue weighted by molar-refractivity contribution is 6.31. The second-order valence-electron chi connectivity index (χ2n) is 5.30. The predicted molar refractivity (Wildman–Crippen MR) is 83.0 cm³/mol. The van der Waals surface area contributed by atoms with Gasteiger partial charge in [-0.1, -0.05) is 36.7 Å². The molecule has 1 aliphatic heterocycles. The van der Waals surface area contributed by atoms with Gasteiger partial charge in [0.15, 0.2) is 0 Å². The van der Waals surface area contributed by atoms with Crippen LogP contribution >= 0.6 is 11.6 Å². The van der Waals surface area contributed by atoms with Crippen molar-refractivity contribution in [1.29, 1.82) is 0 Å². The normalized spacial score (nSPS) is 14.3. The van der Waals surface area contributed by atoms with Crippen molar-refractivity contribution in [2.24, 2.45) is 0 Å². The first-order chi connectivity index (χ1) is 10.6. The summed E-state index contributed by atoms with van der Waals surface area (Å²) in [5.74, 6) is -0.00474. The summed E-state index contributed by atoms with van der Waals surface area (Å²) in [7, 11) is 0. The predicted octanol–water partition coefficient (Wildman–Crippen LogP) is 1.76. The number of aryl methyl sites for hydroxylation is 1. The maximum atomic E-state index is 12.5. The molecule has 0 aliphatic carbocycles. The van der Waals surface area contributed by atoms with Gasteiger partial charge in [-0.3, -0.25) is 9.36 Å². The van der Waals surface area contributed by atoms with Crippen LogP contribution in [0.4, 0.5) is 0 Å². The molecule has 0 saturated heterocycles. The second kappa shape index (κ2) is 5.96. The van der Waals surface area contributed by atoms with Crippen LogP contribution in [0.1, 0.15) is 29.5 Å². The summed E-state index contributed by atoms with van der Waals surface area (Å²) >= 11 is 6.15. The minimum Gasteiger partial charge on any atom is -0.330 e. The van der Waals surface area contributed by atoms with Gasteiger partial charge in [0, 0.05) is 31.2 Å².